The van der Waals surface area contributed by atoms with Crippen LogP contribution >= 0.6 is 0 Å². The van der Waals surface area contributed by atoms with Gasteiger partial charge in [0.05, 0.1) is 13.1 Å². The molecule has 7 heteroatoms. The number of amides is 1. The Kier molecular flexibility index (Phi) is 5.20. The van der Waals surface area contributed by atoms with Crippen molar-refractivity contribution in [1.82, 2.24) is 10.6 Å². The molecule has 1 aliphatic rings. The third-order valence-electron chi connectivity index (χ3n) is 2.78. The van der Waals surface area contributed by atoms with Crippen LogP contribution in [0.4, 0.5) is 13.2 Å². The Hall–Kier alpha value is -0.820. The van der Waals surface area contributed by atoms with Gasteiger partial charge >= 0.3 is 6.18 Å². The van der Waals surface area contributed by atoms with Crippen LogP contribution in [-0.2, 0) is 4.79 Å². The Balaban J connectivity index is 2.12. The average Bonchev–Trinajstić information content (AvgIpc) is 2.74. The molecular weight excluding hydrogens is 237 g/mol. The zero-order chi connectivity index (χ0) is 12.9. The molecule has 0 saturated heterocycles. The van der Waals surface area contributed by atoms with Gasteiger partial charge < -0.3 is 15.7 Å². The fraction of sp³-hybridized carbons (Fsp3) is 0.900. The van der Waals surface area contributed by atoms with Crippen molar-refractivity contribution in [2.45, 2.75) is 44.0 Å². The Bertz CT molecular complexity index is 252. The number of carbonyl (C=O) groups is 1. The lowest BCUT2D eigenvalue weighted by Gasteiger charge is -2.16. The first-order valence-corrected chi connectivity index (χ1v) is 5.64. The monoisotopic (exact) mass is 254 g/mol. The smallest absolute Gasteiger partial charge is 0.382 e. The van der Waals surface area contributed by atoms with E-state index in [1.165, 1.54) is 0 Å². The molecule has 0 aliphatic heterocycles. The van der Waals surface area contributed by atoms with Gasteiger partial charge in [-0.3, -0.25) is 4.79 Å². The fourth-order valence-electron chi connectivity index (χ4n) is 1.76. The van der Waals surface area contributed by atoms with E-state index in [1.54, 1.807) is 0 Å². The standard InChI is InChI=1S/C10H17F3N2O2/c11-10(12,13)8(16)5-15-9(17)6-14-7-3-1-2-4-7/h7-8,14,16H,1-6H2,(H,15,17). The highest BCUT2D eigenvalue weighted by molar-refractivity contribution is 5.78. The van der Waals surface area contributed by atoms with Crippen LogP contribution in [0.25, 0.3) is 0 Å². The lowest BCUT2D eigenvalue weighted by atomic mass is 10.2. The number of nitrogens with one attached hydrogen (secondary N) is 2. The van der Waals surface area contributed by atoms with Gasteiger partial charge in [0.2, 0.25) is 5.91 Å². The van der Waals surface area contributed by atoms with Crippen LogP contribution < -0.4 is 10.6 Å². The summed E-state index contributed by atoms with van der Waals surface area (Å²) < 4.78 is 35.7. The second kappa shape index (κ2) is 6.20. The van der Waals surface area contributed by atoms with E-state index in [2.05, 4.69) is 5.32 Å². The minimum atomic E-state index is -4.69. The molecule has 0 aromatic heterocycles. The normalized spacial score (nSPS) is 19.3. The Morgan fingerprint density at radius 2 is 1.94 bits per heavy atom. The molecule has 1 amide bonds. The Morgan fingerprint density at radius 1 is 1.35 bits per heavy atom. The molecule has 1 rings (SSSR count). The maximum atomic E-state index is 11.9. The summed E-state index contributed by atoms with van der Waals surface area (Å²) in [4.78, 5) is 11.2. The van der Waals surface area contributed by atoms with E-state index in [9.17, 15) is 18.0 Å². The molecule has 1 unspecified atom stereocenters. The Labute approximate surface area is 97.6 Å². The molecule has 4 nitrogen and oxygen atoms in total. The van der Waals surface area contributed by atoms with Crippen LogP contribution in [0, 0.1) is 0 Å². The van der Waals surface area contributed by atoms with Crippen molar-refractivity contribution in [2.75, 3.05) is 13.1 Å². The summed E-state index contributed by atoms with van der Waals surface area (Å²) >= 11 is 0. The van der Waals surface area contributed by atoms with Gasteiger partial charge in [-0.05, 0) is 12.8 Å². The molecule has 0 heterocycles. The molecule has 100 valence electrons. The van der Waals surface area contributed by atoms with Gasteiger partial charge in [0, 0.05) is 6.04 Å². The quantitative estimate of drug-likeness (QED) is 0.671. The highest BCUT2D eigenvalue weighted by Gasteiger charge is 2.38. The summed E-state index contributed by atoms with van der Waals surface area (Å²) in [6.45, 7) is -0.802. The molecule has 1 atom stereocenters. The highest BCUT2D eigenvalue weighted by atomic mass is 19.4. The van der Waals surface area contributed by atoms with Crippen LogP contribution in [0.15, 0.2) is 0 Å². The van der Waals surface area contributed by atoms with Gasteiger partial charge in [0.25, 0.3) is 0 Å². The number of rotatable bonds is 5. The summed E-state index contributed by atoms with van der Waals surface area (Å²) in [5.41, 5.74) is 0. The lowest BCUT2D eigenvalue weighted by Crippen LogP contribution is -2.44. The third kappa shape index (κ3) is 5.36. The summed E-state index contributed by atoms with van der Waals surface area (Å²) in [7, 11) is 0. The van der Waals surface area contributed by atoms with Gasteiger partial charge in [-0.1, -0.05) is 12.8 Å². The molecule has 0 bridgehead atoms. The molecule has 0 aromatic rings. The second-order valence-electron chi connectivity index (χ2n) is 4.22. The molecule has 0 spiro atoms. The molecule has 0 radical (unpaired) electrons. The van der Waals surface area contributed by atoms with E-state index >= 15 is 0 Å². The van der Waals surface area contributed by atoms with E-state index in [0.717, 1.165) is 25.7 Å². The molecule has 17 heavy (non-hydrogen) atoms. The zero-order valence-electron chi connectivity index (χ0n) is 9.39. The number of aliphatic hydroxyl groups is 1. The number of halogens is 3. The number of aliphatic hydroxyl groups excluding tert-OH is 1. The summed E-state index contributed by atoms with van der Waals surface area (Å²) in [5.74, 6) is -0.528. The number of carbonyl (C=O) groups excluding carboxylic acids is 1. The molecule has 1 saturated carbocycles. The van der Waals surface area contributed by atoms with Gasteiger partial charge in [0.1, 0.15) is 0 Å². The van der Waals surface area contributed by atoms with Gasteiger partial charge in [0.15, 0.2) is 6.10 Å². The van der Waals surface area contributed by atoms with Gasteiger partial charge in [-0.25, -0.2) is 0 Å². The topological polar surface area (TPSA) is 61.4 Å². The first kappa shape index (κ1) is 14.2. The highest BCUT2D eigenvalue weighted by Crippen LogP contribution is 2.19. The summed E-state index contributed by atoms with van der Waals surface area (Å²) in [6.07, 6.45) is -2.96. The van der Waals surface area contributed by atoms with Gasteiger partial charge in [-0.15, -0.1) is 0 Å². The van der Waals surface area contributed by atoms with Crippen LogP contribution in [0.1, 0.15) is 25.7 Å². The average molecular weight is 254 g/mol. The van der Waals surface area contributed by atoms with Crippen molar-refractivity contribution >= 4 is 5.91 Å². The van der Waals surface area contributed by atoms with Crippen LogP contribution in [-0.4, -0.2) is 42.4 Å². The van der Waals surface area contributed by atoms with E-state index < -0.39 is 24.7 Å². The predicted molar refractivity (Wildman–Crippen MR) is 55.3 cm³/mol. The number of alkyl halides is 3. The molecule has 1 aliphatic carbocycles. The maximum absolute atomic E-state index is 11.9. The zero-order valence-corrected chi connectivity index (χ0v) is 9.39. The summed E-state index contributed by atoms with van der Waals surface area (Å²) in [6, 6.07) is 0.285. The van der Waals surface area contributed by atoms with Crippen molar-refractivity contribution in [3.63, 3.8) is 0 Å². The second-order valence-corrected chi connectivity index (χ2v) is 4.22. The van der Waals surface area contributed by atoms with Crippen molar-refractivity contribution < 1.29 is 23.1 Å². The fourth-order valence-corrected chi connectivity index (χ4v) is 1.76. The van der Waals surface area contributed by atoms with E-state index in [-0.39, 0.29) is 12.6 Å². The number of hydrogen-bond donors (Lipinski definition) is 3. The molecule has 0 aromatic carbocycles. The number of hydrogen-bond acceptors (Lipinski definition) is 3. The van der Waals surface area contributed by atoms with Crippen molar-refractivity contribution in [2.24, 2.45) is 0 Å². The van der Waals surface area contributed by atoms with Crippen LogP contribution in [0.2, 0.25) is 0 Å². The van der Waals surface area contributed by atoms with Crippen LogP contribution in [0.3, 0.4) is 0 Å². The molecular formula is C10H17F3N2O2. The minimum Gasteiger partial charge on any atom is -0.382 e. The largest absolute Gasteiger partial charge is 0.416 e. The summed E-state index contributed by atoms with van der Waals surface area (Å²) in [5, 5.41) is 13.7. The molecule has 3 N–H and O–H groups in total. The van der Waals surface area contributed by atoms with Gasteiger partial charge in [-0.2, -0.15) is 13.2 Å². The minimum absolute atomic E-state index is 0.00472. The lowest BCUT2D eigenvalue weighted by molar-refractivity contribution is -0.201. The first-order chi connectivity index (χ1) is 7.89. The van der Waals surface area contributed by atoms with Crippen molar-refractivity contribution in [3.05, 3.63) is 0 Å². The third-order valence-corrected chi connectivity index (χ3v) is 2.78. The molecule has 1 fully saturated rings. The van der Waals surface area contributed by atoms with E-state index in [0.29, 0.717) is 0 Å². The van der Waals surface area contributed by atoms with Crippen molar-refractivity contribution in [3.8, 4) is 0 Å². The van der Waals surface area contributed by atoms with Crippen LogP contribution in [0.5, 0.6) is 0 Å². The first-order valence-electron chi connectivity index (χ1n) is 5.64. The maximum Gasteiger partial charge on any atom is 0.416 e. The van der Waals surface area contributed by atoms with E-state index in [4.69, 9.17) is 5.11 Å². The Morgan fingerprint density at radius 3 is 2.47 bits per heavy atom. The predicted octanol–water partition coefficient (Wildman–Crippen LogP) is 0.558. The van der Waals surface area contributed by atoms with Crippen molar-refractivity contribution in [1.29, 1.82) is 0 Å². The SMILES string of the molecule is O=C(CNC1CCCC1)NCC(O)C(F)(F)F. The van der Waals surface area contributed by atoms with E-state index in [1.807, 2.05) is 5.32 Å².